The minimum absolute atomic E-state index is 0.352. The van der Waals surface area contributed by atoms with E-state index in [9.17, 15) is 5.11 Å². The monoisotopic (exact) mass is 182 g/mol. The molecule has 13 heavy (non-hydrogen) atoms. The highest BCUT2D eigenvalue weighted by Crippen LogP contribution is 2.40. The van der Waals surface area contributed by atoms with Crippen molar-refractivity contribution in [3.63, 3.8) is 0 Å². The molecule has 0 aromatic heterocycles. The van der Waals surface area contributed by atoms with Gasteiger partial charge in [0.15, 0.2) is 0 Å². The summed E-state index contributed by atoms with van der Waals surface area (Å²) in [6.45, 7) is 2.88. The minimum atomic E-state index is -0.644. The number of hydrogen-bond acceptors (Lipinski definition) is 2. The van der Waals surface area contributed by atoms with Gasteiger partial charge in [-0.2, -0.15) is 0 Å². The second-order valence-electron chi connectivity index (χ2n) is 4.28. The molecule has 0 aromatic carbocycles. The van der Waals surface area contributed by atoms with Crippen LogP contribution in [0.1, 0.15) is 39.0 Å². The highest BCUT2D eigenvalue weighted by Gasteiger charge is 2.41. The first-order valence-electron chi connectivity index (χ1n) is 5.29. The maximum absolute atomic E-state index is 10.4. The van der Waals surface area contributed by atoms with Crippen LogP contribution in [0.25, 0.3) is 0 Å². The summed E-state index contributed by atoms with van der Waals surface area (Å²) in [7, 11) is 0. The number of rotatable bonds is 1. The molecular weight excluding hydrogens is 164 g/mol. The summed E-state index contributed by atoms with van der Waals surface area (Å²) in [5.74, 6) is 1.20. The van der Waals surface area contributed by atoms with Gasteiger partial charge in [-0.15, -0.1) is 0 Å². The molecule has 1 aliphatic heterocycles. The van der Waals surface area contributed by atoms with Gasteiger partial charge in [0.2, 0.25) is 0 Å². The van der Waals surface area contributed by atoms with Crippen LogP contribution in [0.2, 0.25) is 0 Å². The summed E-state index contributed by atoms with van der Waals surface area (Å²) in [6, 6.07) is 0. The van der Waals surface area contributed by atoms with Crippen molar-refractivity contribution in [3.8, 4) is 0 Å². The molecule has 2 aliphatic rings. The summed E-state index contributed by atoms with van der Waals surface area (Å²) in [4.78, 5) is 0. The average molecular weight is 182 g/mol. The smallest absolute Gasteiger partial charge is 0.124 e. The Morgan fingerprint density at radius 2 is 2.38 bits per heavy atom. The van der Waals surface area contributed by atoms with Crippen LogP contribution in [0.4, 0.5) is 0 Å². The maximum atomic E-state index is 10.4. The van der Waals surface area contributed by atoms with E-state index in [4.69, 9.17) is 4.74 Å². The molecule has 2 rings (SSSR count). The zero-order valence-electron chi connectivity index (χ0n) is 8.25. The highest BCUT2D eigenvalue weighted by atomic mass is 16.5. The maximum Gasteiger partial charge on any atom is 0.124 e. The molecule has 0 saturated heterocycles. The summed E-state index contributed by atoms with van der Waals surface area (Å²) < 4.78 is 5.48. The topological polar surface area (TPSA) is 29.5 Å². The molecule has 0 radical (unpaired) electrons. The Hall–Kier alpha value is -0.500. The summed E-state index contributed by atoms with van der Waals surface area (Å²) in [5, 5.41) is 10.4. The molecule has 0 aromatic rings. The Labute approximate surface area is 79.6 Å². The van der Waals surface area contributed by atoms with Gasteiger partial charge in [0.1, 0.15) is 11.4 Å². The van der Waals surface area contributed by atoms with Crippen molar-refractivity contribution >= 4 is 0 Å². The van der Waals surface area contributed by atoms with Crippen LogP contribution in [0.3, 0.4) is 0 Å². The van der Waals surface area contributed by atoms with Gasteiger partial charge in [0.05, 0.1) is 6.61 Å². The first kappa shape index (κ1) is 9.07. The molecular formula is C11H18O2. The molecule has 74 valence electrons. The van der Waals surface area contributed by atoms with Crippen LogP contribution in [0.15, 0.2) is 11.8 Å². The zero-order valence-corrected chi connectivity index (χ0v) is 8.25. The molecule has 1 fully saturated rings. The SMILES string of the molecule is CC1CCCCC1(O)C1=CCCO1. The molecule has 2 unspecified atom stereocenters. The predicted octanol–water partition coefficient (Wildman–Crippen LogP) is 2.23. The van der Waals surface area contributed by atoms with E-state index in [1.165, 1.54) is 6.42 Å². The quantitative estimate of drug-likeness (QED) is 0.674. The van der Waals surface area contributed by atoms with Gasteiger partial charge in [-0.05, 0) is 24.8 Å². The summed E-state index contributed by atoms with van der Waals surface area (Å²) >= 11 is 0. The molecule has 1 N–H and O–H groups in total. The number of hydrogen-bond donors (Lipinski definition) is 1. The van der Waals surface area contributed by atoms with Crippen LogP contribution in [-0.4, -0.2) is 17.3 Å². The second kappa shape index (κ2) is 3.33. The fraction of sp³-hybridized carbons (Fsp3) is 0.818. The Balaban J connectivity index is 2.16. The molecule has 2 nitrogen and oxygen atoms in total. The van der Waals surface area contributed by atoms with E-state index in [0.29, 0.717) is 5.92 Å². The fourth-order valence-corrected chi connectivity index (χ4v) is 2.42. The Morgan fingerprint density at radius 3 is 3.00 bits per heavy atom. The van der Waals surface area contributed by atoms with Gasteiger partial charge >= 0.3 is 0 Å². The van der Waals surface area contributed by atoms with Gasteiger partial charge < -0.3 is 9.84 Å². The lowest BCUT2D eigenvalue weighted by Crippen LogP contribution is -2.41. The molecule has 1 heterocycles. The number of aliphatic hydroxyl groups is 1. The van der Waals surface area contributed by atoms with E-state index in [2.05, 4.69) is 13.0 Å². The second-order valence-corrected chi connectivity index (χ2v) is 4.28. The van der Waals surface area contributed by atoms with Gasteiger partial charge in [-0.1, -0.05) is 19.8 Å². The van der Waals surface area contributed by atoms with E-state index < -0.39 is 5.60 Å². The molecule has 0 spiro atoms. The minimum Gasteiger partial charge on any atom is -0.495 e. The lowest BCUT2D eigenvalue weighted by atomic mass is 9.75. The lowest BCUT2D eigenvalue weighted by Gasteiger charge is -2.38. The standard InChI is InChI=1S/C11H18O2/c1-9-5-2-3-7-11(9,12)10-6-4-8-13-10/h6,9,12H,2-5,7-8H2,1H3. The lowest BCUT2D eigenvalue weighted by molar-refractivity contribution is -0.0480. The predicted molar refractivity (Wildman–Crippen MR) is 51.2 cm³/mol. The van der Waals surface area contributed by atoms with E-state index >= 15 is 0 Å². The van der Waals surface area contributed by atoms with E-state index in [1.54, 1.807) is 0 Å². The van der Waals surface area contributed by atoms with Crippen molar-refractivity contribution in [1.82, 2.24) is 0 Å². The first-order valence-corrected chi connectivity index (χ1v) is 5.29. The molecule has 2 atom stereocenters. The van der Waals surface area contributed by atoms with Crippen molar-refractivity contribution in [3.05, 3.63) is 11.8 Å². The molecule has 1 aliphatic carbocycles. The van der Waals surface area contributed by atoms with E-state index in [-0.39, 0.29) is 0 Å². The first-order chi connectivity index (χ1) is 6.23. The third-order valence-corrected chi connectivity index (χ3v) is 3.39. The van der Waals surface area contributed by atoms with Crippen molar-refractivity contribution in [2.24, 2.45) is 5.92 Å². The van der Waals surface area contributed by atoms with Crippen LogP contribution in [-0.2, 0) is 4.74 Å². The normalized spacial score (nSPS) is 39.8. The van der Waals surface area contributed by atoms with E-state index in [0.717, 1.165) is 38.0 Å². The van der Waals surface area contributed by atoms with Crippen LogP contribution in [0, 0.1) is 5.92 Å². The largest absolute Gasteiger partial charge is 0.495 e. The zero-order chi connectivity index (χ0) is 9.31. The molecule has 1 saturated carbocycles. The van der Waals surface area contributed by atoms with Crippen LogP contribution >= 0.6 is 0 Å². The van der Waals surface area contributed by atoms with Crippen LogP contribution < -0.4 is 0 Å². The Bertz CT molecular complexity index is 222. The highest BCUT2D eigenvalue weighted by molar-refractivity contribution is 5.15. The van der Waals surface area contributed by atoms with Gasteiger partial charge in [-0.3, -0.25) is 0 Å². The van der Waals surface area contributed by atoms with Crippen molar-refractivity contribution in [2.75, 3.05) is 6.61 Å². The Morgan fingerprint density at radius 1 is 1.54 bits per heavy atom. The van der Waals surface area contributed by atoms with E-state index in [1.807, 2.05) is 0 Å². The third-order valence-electron chi connectivity index (χ3n) is 3.39. The fourth-order valence-electron chi connectivity index (χ4n) is 2.42. The molecule has 0 bridgehead atoms. The summed E-state index contributed by atoms with van der Waals surface area (Å²) in [5.41, 5.74) is -0.644. The van der Waals surface area contributed by atoms with Crippen molar-refractivity contribution in [2.45, 2.75) is 44.6 Å². The molecule has 0 amide bonds. The molecule has 2 heteroatoms. The van der Waals surface area contributed by atoms with Crippen LogP contribution in [0.5, 0.6) is 0 Å². The van der Waals surface area contributed by atoms with Crippen molar-refractivity contribution in [1.29, 1.82) is 0 Å². The average Bonchev–Trinajstić information content (AvgIpc) is 2.63. The van der Waals surface area contributed by atoms with Gasteiger partial charge in [0.25, 0.3) is 0 Å². The van der Waals surface area contributed by atoms with Gasteiger partial charge in [-0.25, -0.2) is 0 Å². The number of ether oxygens (including phenoxy) is 1. The van der Waals surface area contributed by atoms with Gasteiger partial charge in [0, 0.05) is 6.42 Å². The third kappa shape index (κ3) is 1.48. The Kier molecular flexibility index (Phi) is 2.33. The summed E-state index contributed by atoms with van der Waals surface area (Å²) in [6.07, 6.45) is 7.39. The van der Waals surface area contributed by atoms with Crippen molar-refractivity contribution < 1.29 is 9.84 Å².